The molecule has 0 saturated carbocycles. The number of nitro benzene ring substituents is 1. The van der Waals surface area contributed by atoms with E-state index in [1.807, 2.05) is 31.2 Å². The van der Waals surface area contributed by atoms with Crippen LogP contribution in [0.3, 0.4) is 0 Å². The van der Waals surface area contributed by atoms with Gasteiger partial charge in [0.2, 0.25) is 0 Å². The number of rotatable bonds is 4. The van der Waals surface area contributed by atoms with Gasteiger partial charge in [-0.1, -0.05) is 46.3 Å². The molecule has 0 bridgehead atoms. The van der Waals surface area contributed by atoms with Crippen molar-refractivity contribution in [3.8, 4) is 5.75 Å². The monoisotopic (exact) mass is 414 g/mol. The normalized spacial score (nSPS) is 23.1. The Kier molecular flexibility index (Phi) is 4.44. The third-order valence-corrected chi connectivity index (χ3v) is 5.89. The molecule has 2 aliphatic rings. The zero-order valence-electron chi connectivity index (χ0n) is 14.3. The highest BCUT2D eigenvalue weighted by Crippen LogP contribution is 2.53. The smallest absolute Gasteiger partial charge is 0.296 e. The maximum absolute atomic E-state index is 11.7. The summed E-state index contributed by atoms with van der Waals surface area (Å²) in [6.07, 6.45) is 5.29. The lowest BCUT2D eigenvalue weighted by molar-refractivity contribution is -0.384. The number of nitrogens with one attached hydrogen (secondary N) is 1. The molecule has 1 N–H and O–H groups in total. The average molecular weight is 415 g/mol. The molecule has 1 heterocycles. The molecule has 2 aromatic rings. The molecule has 0 radical (unpaired) electrons. The summed E-state index contributed by atoms with van der Waals surface area (Å²) < 4.78 is 6.59. The lowest BCUT2D eigenvalue weighted by atomic mass is 9.76. The fourth-order valence-corrected chi connectivity index (χ4v) is 4.62. The van der Waals surface area contributed by atoms with Crippen LogP contribution in [-0.4, -0.2) is 11.5 Å². The Morgan fingerprint density at radius 2 is 2.12 bits per heavy atom. The molecule has 1 aliphatic carbocycles. The Labute approximate surface area is 160 Å². The average Bonchev–Trinajstić information content (AvgIpc) is 3.11. The Morgan fingerprint density at radius 1 is 1.31 bits per heavy atom. The van der Waals surface area contributed by atoms with Crippen LogP contribution in [-0.2, 0) is 0 Å². The van der Waals surface area contributed by atoms with Gasteiger partial charge in [-0.25, -0.2) is 0 Å². The first-order valence-corrected chi connectivity index (χ1v) is 9.52. The van der Waals surface area contributed by atoms with E-state index in [4.69, 9.17) is 4.74 Å². The highest BCUT2D eigenvalue weighted by Gasteiger charge is 2.41. The van der Waals surface area contributed by atoms with Crippen molar-refractivity contribution in [2.24, 2.45) is 5.92 Å². The molecule has 0 amide bonds. The summed E-state index contributed by atoms with van der Waals surface area (Å²) in [5.41, 5.74) is 2.75. The maximum Gasteiger partial charge on any atom is 0.296 e. The molecular formula is C20H19BrN2O3. The lowest BCUT2D eigenvalue weighted by Crippen LogP contribution is -2.30. The van der Waals surface area contributed by atoms with Gasteiger partial charge in [0.25, 0.3) is 5.69 Å². The van der Waals surface area contributed by atoms with Gasteiger partial charge in [0.05, 0.1) is 23.6 Å². The van der Waals surface area contributed by atoms with E-state index in [1.54, 1.807) is 0 Å². The first kappa shape index (κ1) is 17.1. The van der Waals surface area contributed by atoms with Crippen molar-refractivity contribution in [3.05, 3.63) is 74.3 Å². The van der Waals surface area contributed by atoms with E-state index in [0.717, 1.165) is 22.0 Å². The van der Waals surface area contributed by atoms with Crippen LogP contribution in [0.25, 0.3) is 0 Å². The van der Waals surface area contributed by atoms with Crippen molar-refractivity contribution in [1.82, 2.24) is 0 Å². The number of nitro groups is 1. The third-order valence-electron chi connectivity index (χ3n) is 5.17. The Balaban J connectivity index is 1.87. The highest BCUT2D eigenvalue weighted by atomic mass is 79.9. The van der Waals surface area contributed by atoms with E-state index >= 15 is 0 Å². The minimum atomic E-state index is -0.329. The molecule has 0 unspecified atom stereocenters. The lowest BCUT2D eigenvalue weighted by Gasteiger charge is -2.37. The van der Waals surface area contributed by atoms with Crippen molar-refractivity contribution >= 4 is 27.3 Å². The zero-order valence-corrected chi connectivity index (χ0v) is 15.9. The minimum absolute atomic E-state index is 0.00900. The molecule has 134 valence electrons. The Bertz CT molecular complexity index is 897. The maximum atomic E-state index is 11.7. The zero-order chi connectivity index (χ0) is 18.3. The van der Waals surface area contributed by atoms with Gasteiger partial charge in [-0.05, 0) is 42.5 Å². The molecule has 0 saturated heterocycles. The second-order valence-electron chi connectivity index (χ2n) is 6.59. The number of benzene rings is 2. The molecule has 4 rings (SSSR count). The van der Waals surface area contributed by atoms with Crippen molar-refractivity contribution < 1.29 is 9.66 Å². The van der Waals surface area contributed by atoms with E-state index in [0.29, 0.717) is 24.0 Å². The molecule has 6 heteroatoms. The van der Waals surface area contributed by atoms with E-state index in [-0.39, 0.29) is 22.6 Å². The Morgan fingerprint density at radius 3 is 2.85 bits per heavy atom. The molecule has 2 aromatic carbocycles. The number of anilines is 1. The van der Waals surface area contributed by atoms with Crippen LogP contribution in [0.4, 0.5) is 11.4 Å². The molecule has 0 aromatic heterocycles. The van der Waals surface area contributed by atoms with Crippen molar-refractivity contribution in [3.63, 3.8) is 0 Å². The number of allylic oxidation sites excluding steroid dienone is 2. The summed E-state index contributed by atoms with van der Waals surface area (Å²) in [5, 5.41) is 15.2. The van der Waals surface area contributed by atoms with Gasteiger partial charge < -0.3 is 10.1 Å². The topological polar surface area (TPSA) is 64.4 Å². The number of hydrogen-bond donors (Lipinski definition) is 1. The molecule has 26 heavy (non-hydrogen) atoms. The van der Waals surface area contributed by atoms with E-state index in [2.05, 4.69) is 39.5 Å². The third kappa shape index (κ3) is 2.78. The van der Waals surface area contributed by atoms with Crippen LogP contribution >= 0.6 is 15.9 Å². The first-order valence-electron chi connectivity index (χ1n) is 8.73. The standard InChI is InChI=1S/C20H19BrN2O3/c1-2-26-12-10-16-13-7-5-8-14(13)19(15-6-3-4-9-17(15)21)22-20(16)18(11-12)23(24)25/h3-7,9-11,13-14,19,22H,2,8H2,1H3/t13-,14-,19-/m1/s1. The van der Waals surface area contributed by atoms with E-state index in [1.165, 1.54) is 6.07 Å². The van der Waals surface area contributed by atoms with E-state index < -0.39 is 0 Å². The first-order chi connectivity index (χ1) is 12.6. The van der Waals surface area contributed by atoms with Crippen molar-refractivity contribution in [2.45, 2.75) is 25.3 Å². The number of halogens is 1. The largest absolute Gasteiger partial charge is 0.494 e. The van der Waals surface area contributed by atoms with Gasteiger partial charge >= 0.3 is 0 Å². The van der Waals surface area contributed by atoms with Crippen LogP contribution in [0.1, 0.15) is 36.4 Å². The van der Waals surface area contributed by atoms with Crippen molar-refractivity contribution in [2.75, 3.05) is 11.9 Å². The van der Waals surface area contributed by atoms with Gasteiger partial charge in [0.1, 0.15) is 11.4 Å². The molecule has 3 atom stereocenters. The second kappa shape index (κ2) is 6.76. The number of fused-ring (bicyclic) bond motifs is 3. The highest BCUT2D eigenvalue weighted by molar-refractivity contribution is 9.10. The second-order valence-corrected chi connectivity index (χ2v) is 7.45. The van der Waals surface area contributed by atoms with Crippen LogP contribution in [0.2, 0.25) is 0 Å². The number of ether oxygens (including phenoxy) is 1. The minimum Gasteiger partial charge on any atom is -0.494 e. The SMILES string of the molecule is CCOc1cc2c(c([N+](=O)[O-])c1)N[C@@H](c1ccccc1Br)[C@@H]1CC=C[C@@H]21. The molecule has 0 fully saturated rings. The summed E-state index contributed by atoms with van der Waals surface area (Å²) in [6, 6.07) is 11.5. The van der Waals surface area contributed by atoms with Gasteiger partial charge in [-0.3, -0.25) is 10.1 Å². The number of hydrogen-bond acceptors (Lipinski definition) is 4. The summed E-state index contributed by atoms with van der Waals surface area (Å²) in [5.74, 6) is 1.01. The van der Waals surface area contributed by atoms with Crippen LogP contribution in [0.5, 0.6) is 5.75 Å². The summed E-state index contributed by atoms with van der Waals surface area (Å²) >= 11 is 3.63. The number of nitrogens with zero attached hydrogens (tertiary/aromatic N) is 1. The van der Waals surface area contributed by atoms with Gasteiger partial charge in [-0.15, -0.1) is 0 Å². The van der Waals surface area contributed by atoms with Gasteiger partial charge in [0.15, 0.2) is 0 Å². The molecule has 0 spiro atoms. The van der Waals surface area contributed by atoms with Gasteiger partial charge in [0, 0.05) is 10.4 Å². The van der Waals surface area contributed by atoms with E-state index in [9.17, 15) is 10.1 Å². The van der Waals surface area contributed by atoms with Crippen LogP contribution in [0.15, 0.2) is 53.0 Å². The molecular weight excluding hydrogens is 396 g/mol. The van der Waals surface area contributed by atoms with Gasteiger partial charge in [-0.2, -0.15) is 0 Å². The summed E-state index contributed by atoms with van der Waals surface area (Å²) in [7, 11) is 0. The van der Waals surface area contributed by atoms with Crippen LogP contribution < -0.4 is 10.1 Å². The predicted octanol–water partition coefficient (Wildman–Crippen LogP) is 5.58. The fourth-order valence-electron chi connectivity index (χ4n) is 4.08. The quantitative estimate of drug-likeness (QED) is 0.402. The Hall–Kier alpha value is -2.34. The van der Waals surface area contributed by atoms with Crippen LogP contribution in [0, 0.1) is 16.0 Å². The van der Waals surface area contributed by atoms with Crippen molar-refractivity contribution in [1.29, 1.82) is 0 Å². The predicted molar refractivity (Wildman–Crippen MR) is 105 cm³/mol. The fraction of sp³-hybridized carbons (Fsp3) is 0.300. The summed E-state index contributed by atoms with van der Waals surface area (Å²) in [6.45, 7) is 2.36. The summed E-state index contributed by atoms with van der Waals surface area (Å²) in [4.78, 5) is 11.4. The molecule has 5 nitrogen and oxygen atoms in total. The molecule has 1 aliphatic heterocycles.